The van der Waals surface area contributed by atoms with Crippen LogP contribution in [0.3, 0.4) is 0 Å². The highest BCUT2D eigenvalue weighted by Gasteiger charge is 2.33. The highest BCUT2D eigenvalue weighted by Crippen LogP contribution is 2.33. The number of amides is 1. The Labute approximate surface area is 218 Å². The highest BCUT2D eigenvalue weighted by molar-refractivity contribution is 5.95. The quantitative estimate of drug-likeness (QED) is 0.361. The minimum absolute atomic E-state index is 0.0510. The van der Waals surface area contributed by atoms with Crippen molar-refractivity contribution >= 4 is 23.3 Å². The van der Waals surface area contributed by atoms with E-state index in [9.17, 15) is 9.59 Å². The molecule has 0 aliphatic carbocycles. The SMILES string of the molecule is CCOC(=O)C(C)(C)Oc1ccccc1N1CCN(CCCCOc2ccc3c(c2)NC(=O)CO3)CC1. The molecule has 2 aliphatic heterocycles. The number of hydrogen-bond donors (Lipinski definition) is 1. The number of piperazine rings is 1. The molecule has 2 aliphatic rings. The molecule has 1 fully saturated rings. The van der Waals surface area contributed by atoms with Crippen molar-refractivity contribution in [1.29, 1.82) is 0 Å². The second-order valence-electron chi connectivity index (χ2n) is 9.68. The predicted molar refractivity (Wildman–Crippen MR) is 142 cm³/mol. The number of hydrogen-bond acceptors (Lipinski definition) is 8. The Balaban J connectivity index is 1.19. The molecular weight excluding hydrogens is 474 g/mol. The lowest BCUT2D eigenvalue weighted by Crippen LogP contribution is -2.47. The van der Waals surface area contributed by atoms with Gasteiger partial charge in [-0.25, -0.2) is 4.79 Å². The van der Waals surface area contributed by atoms with E-state index in [1.165, 1.54) is 0 Å². The average Bonchev–Trinajstić information content (AvgIpc) is 2.89. The van der Waals surface area contributed by atoms with Crippen molar-refractivity contribution in [3.63, 3.8) is 0 Å². The number of nitrogens with zero attached hydrogens (tertiary/aromatic N) is 2. The molecule has 2 aromatic rings. The molecule has 0 radical (unpaired) electrons. The van der Waals surface area contributed by atoms with Crippen LogP contribution in [0.5, 0.6) is 17.2 Å². The molecule has 1 saturated heterocycles. The van der Waals surface area contributed by atoms with Gasteiger partial charge in [-0.1, -0.05) is 12.1 Å². The molecule has 1 amide bonds. The number of unbranched alkanes of at least 4 members (excludes halogenated alkanes) is 1. The number of carbonyl (C=O) groups is 2. The van der Waals surface area contributed by atoms with Gasteiger partial charge in [0.1, 0.15) is 17.2 Å². The number of esters is 1. The predicted octanol–water partition coefficient (Wildman–Crippen LogP) is 3.72. The van der Waals surface area contributed by atoms with E-state index in [0.717, 1.165) is 57.0 Å². The molecule has 4 rings (SSSR count). The third kappa shape index (κ3) is 7.07. The summed E-state index contributed by atoms with van der Waals surface area (Å²) in [6.45, 7) is 11.0. The third-order valence-corrected chi connectivity index (χ3v) is 6.43. The van der Waals surface area contributed by atoms with Crippen molar-refractivity contribution in [3.8, 4) is 17.2 Å². The van der Waals surface area contributed by atoms with Crippen LogP contribution >= 0.6 is 0 Å². The molecule has 0 unspecified atom stereocenters. The molecule has 0 atom stereocenters. The Morgan fingerprint density at radius 2 is 1.86 bits per heavy atom. The smallest absolute Gasteiger partial charge is 0.349 e. The lowest BCUT2D eigenvalue weighted by molar-refractivity contribution is -0.158. The fourth-order valence-corrected chi connectivity index (χ4v) is 4.42. The number of benzene rings is 2. The van der Waals surface area contributed by atoms with E-state index in [1.807, 2.05) is 36.4 Å². The summed E-state index contributed by atoms with van der Waals surface area (Å²) < 4.78 is 22.5. The molecule has 0 bridgehead atoms. The maximum Gasteiger partial charge on any atom is 0.349 e. The van der Waals surface area contributed by atoms with Crippen LogP contribution in [0.25, 0.3) is 0 Å². The molecule has 0 spiro atoms. The largest absolute Gasteiger partial charge is 0.494 e. The van der Waals surface area contributed by atoms with Crippen molar-refractivity contribution in [2.45, 2.75) is 39.2 Å². The zero-order valence-corrected chi connectivity index (χ0v) is 22.0. The topological polar surface area (TPSA) is 89.6 Å². The normalized spacial score (nSPS) is 15.9. The minimum Gasteiger partial charge on any atom is -0.494 e. The van der Waals surface area contributed by atoms with Gasteiger partial charge in [0.25, 0.3) is 5.91 Å². The molecule has 9 nitrogen and oxygen atoms in total. The van der Waals surface area contributed by atoms with Crippen LogP contribution in [0.2, 0.25) is 0 Å². The van der Waals surface area contributed by atoms with Crippen LogP contribution in [-0.4, -0.2) is 74.9 Å². The van der Waals surface area contributed by atoms with Gasteiger partial charge in [0.2, 0.25) is 0 Å². The lowest BCUT2D eigenvalue weighted by atomic mass is 10.1. The zero-order valence-electron chi connectivity index (χ0n) is 22.0. The van der Waals surface area contributed by atoms with Crippen LogP contribution in [-0.2, 0) is 14.3 Å². The standard InChI is InChI=1S/C28H37N3O6/c1-4-34-27(33)28(2,3)37-25-10-6-5-9-23(25)31-16-14-30(15-17-31)13-7-8-18-35-21-11-12-24-22(19-21)29-26(32)20-36-24/h5-6,9-12,19H,4,7-8,13-18,20H2,1-3H3,(H,29,32). The number of anilines is 2. The summed E-state index contributed by atoms with van der Waals surface area (Å²) in [5, 5.41) is 2.80. The zero-order chi connectivity index (χ0) is 26.3. The summed E-state index contributed by atoms with van der Waals surface area (Å²) in [5.41, 5.74) is 0.596. The van der Waals surface area contributed by atoms with Gasteiger partial charge in [0.15, 0.2) is 12.2 Å². The van der Waals surface area contributed by atoms with E-state index in [1.54, 1.807) is 26.8 Å². The van der Waals surface area contributed by atoms with Gasteiger partial charge in [-0.15, -0.1) is 0 Å². The van der Waals surface area contributed by atoms with Crippen molar-refractivity contribution in [3.05, 3.63) is 42.5 Å². The van der Waals surface area contributed by atoms with Crippen LogP contribution in [0.15, 0.2) is 42.5 Å². The summed E-state index contributed by atoms with van der Waals surface area (Å²) in [6.07, 6.45) is 1.98. The molecule has 1 N–H and O–H groups in total. The summed E-state index contributed by atoms with van der Waals surface area (Å²) in [4.78, 5) is 28.6. The van der Waals surface area contributed by atoms with Gasteiger partial charge in [0.05, 0.1) is 24.6 Å². The van der Waals surface area contributed by atoms with Gasteiger partial charge < -0.3 is 29.2 Å². The number of fused-ring (bicyclic) bond motifs is 1. The molecule has 2 heterocycles. The fraction of sp³-hybridized carbons (Fsp3) is 0.500. The molecule has 37 heavy (non-hydrogen) atoms. The van der Waals surface area contributed by atoms with Gasteiger partial charge >= 0.3 is 5.97 Å². The van der Waals surface area contributed by atoms with Gasteiger partial charge in [0, 0.05) is 32.2 Å². The van der Waals surface area contributed by atoms with Gasteiger partial charge in [-0.2, -0.15) is 0 Å². The van der Waals surface area contributed by atoms with E-state index < -0.39 is 5.60 Å². The van der Waals surface area contributed by atoms with E-state index in [2.05, 4.69) is 15.1 Å². The van der Waals surface area contributed by atoms with Gasteiger partial charge in [-0.05, 0) is 64.4 Å². The Kier molecular flexibility index (Phi) is 8.76. The summed E-state index contributed by atoms with van der Waals surface area (Å²) in [6, 6.07) is 13.4. The second kappa shape index (κ2) is 12.2. The summed E-state index contributed by atoms with van der Waals surface area (Å²) in [7, 11) is 0. The van der Waals surface area contributed by atoms with E-state index in [-0.39, 0.29) is 18.5 Å². The van der Waals surface area contributed by atoms with Crippen LogP contribution < -0.4 is 24.4 Å². The fourth-order valence-electron chi connectivity index (χ4n) is 4.42. The minimum atomic E-state index is -1.06. The van der Waals surface area contributed by atoms with Crippen molar-refractivity contribution in [2.24, 2.45) is 0 Å². The first-order chi connectivity index (χ1) is 17.9. The lowest BCUT2D eigenvalue weighted by Gasteiger charge is -2.37. The van der Waals surface area contributed by atoms with Crippen molar-refractivity contribution in [2.75, 3.05) is 62.8 Å². The van der Waals surface area contributed by atoms with Crippen molar-refractivity contribution < 1.29 is 28.5 Å². The number of para-hydroxylation sites is 2. The molecule has 2 aromatic carbocycles. The first-order valence-electron chi connectivity index (χ1n) is 13.0. The van der Waals surface area contributed by atoms with E-state index >= 15 is 0 Å². The Hall–Kier alpha value is -3.46. The molecule has 9 heteroatoms. The van der Waals surface area contributed by atoms with Crippen LogP contribution in [0.1, 0.15) is 33.6 Å². The maximum absolute atomic E-state index is 12.3. The number of rotatable bonds is 11. The second-order valence-corrected chi connectivity index (χ2v) is 9.68. The number of nitrogens with one attached hydrogen (secondary N) is 1. The van der Waals surface area contributed by atoms with E-state index in [0.29, 0.717) is 30.4 Å². The summed E-state index contributed by atoms with van der Waals surface area (Å²) in [5.74, 6) is 1.57. The Morgan fingerprint density at radius 1 is 1.08 bits per heavy atom. The summed E-state index contributed by atoms with van der Waals surface area (Å²) >= 11 is 0. The molecule has 200 valence electrons. The molecule has 0 aromatic heterocycles. The Bertz CT molecular complexity index is 1080. The van der Waals surface area contributed by atoms with Gasteiger partial charge in [-0.3, -0.25) is 9.69 Å². The average molecular weight is 512 g/mol. The molecular formula is C28H37N3O6. The number of ether oxygens (including phenoxy) is 4. The highest BCUT2D eigenvalue weighted by atomic mass is 16.6. The third-order valence-electron chi connectivity index (χ3n) is 6.43. The maximum atomic E-state index is 12.3. The van der Waals surface area contributed by atoms with Crippen molar-refractivity contribution in [1.82, 2.24) is 4.90 Å². The number of carbonyl (C=O) groups excluding carboxylic acids is 2. The first kappa shape index (κ1) is 26.6. The molecule has 0 saturated carbocycles. The van der Waals surface area contributed by atoms with Crippen LogP contribution in [0.4, 0.5) is 11.4 Å². The van der Waals surface area contributed by atoms with Crippen LogP contribution in [0, 0.1) is 0 Å². The Morgan fingerprint density at radius 3 is 2.65 bits per heavy atom. The first-order valence-corrected chi connectivity index (χ1v) is 13.0. The van der Waals surface area contributed by atoms with E-state index in [4.69, 9.17) is 18.9 Å². The monoisotopic (exact) mass is 511 g/mol.